The topological polar surface area (TPSA) is 77.7 Å². The van der Waals surface area contributed by atoms with E-state index in [1.807, 2.05) is 4.90 Å². The first-order valence-electron chi connectivity index (χ1n) is 5.82. The third kappa shape index (κ3) is 3.18. The molecule has 0 aromatic carbocycles. The molecular weight excluding hydrogens is 266 g/mol. The van der Waals surface area contributed by atoms with Gasteiger partial charge in [0.2, 0.25) is 0 Å². The van der Waals surface area contributed by atoms with Crippen molar-refractivity contribution in [2.45, 2.75) is 6.10 Å². The zero-order chi connectivity index (χ0) is 13.8. The molecule has 6 nitrogen and oxygen atoms in total. The Morgan fingerprint density at radius 1 is 1.68 bits per heavy atom. The number of morpholine rings is 1. The van der Waals surface area contributed by atoms with Crippen LogP contribution in [-0.4, -0.2) is 48.9 Å². The van der Waals surface area contributed by atoms with Crippen LogP contribution in [0.25, 0.3) is 0 Å². The Morgan fingerprint density at radius 3 is 3.16 bits per heavy atom. The number of hydrogen-bond donors (Lipinski definition) is 1. The number of methoxy groups -OCH3 is 1. The Hall–Kier alpha value is -1.73. The molecule has 0 radical (unpaired) electrons. The van der Waals surface area contributed by atoms with Crippen molar-refractivity contribution in [3.05, 3.63) is 23.9 Å². The average molecular weight is 281 g/mol. The molecule has 1 aliphatic heterocycles. The van der Waals surface area contributed by atoms with Crippen LogP contribution in [0.3, 0.4) is 0 Å². The summed E-state index contributed by atoms with van der Waals surface area (Å²) >= 11 is 4.94. The maximum atomic E-state index is 11.5. The van der Waals surface area contributed by atoms with Crippen LogP contribution in [0, 0.1) is 0 Å². The summed E-state index contributed by atoms with van der Waals surface area (Å²) in [5.74, 6) is 0.301. The largest absolute Gasteiger partial charge is 0.465 e. The van der Waals surface area contributed by atoms with E-state index in [2.05, 4.69) is 9.72 Å². The van der Waals surface area contributed by atoms with Gasteiger partial charge in [0, 0.05) is 12.7 Å². The molecule has 102 valence electrons. The Labute approximate surface area is 116 Å². The number of pyridine rings is 1. The van der Waals surface area contributed by atoms with E-state index in [-0.39, 0.29) is 12.1 Å². The van der Waals surface area contributed by atoms with Crippen LogP contribution in [0.1, 0.15) is 10.4 Å². The third-order valence-corrected chi connectivity index (χ3v) is 3.14. The minimum Gasteiger partial charge on any atom is -0.465 e. The molecule has 1 aromatic heterocycles. The predicted molar refractivity (Wildman–Crippen MR) is 74.3 cm³/mol. The maximum absolute atomic E-state index is 11.5. The molecule has 7 heteroatoms. The number of nitrogens with two attached hydrogens (primary N) is 1. The van der Waals surface area contributed by atoms with Crippen LogP contribution in [0.15, 0.2) is 18.3 Å². The molecule has 0 aliphatic carbocycles. The standard InChI is InChI=1S/C12H15N3O3S/c1-17-12(16)8-2-3-14-10(6-8)15-4-5-18-9(7-15)11(13)19/h2-3,6,9H,4-5,7H2,1H3,(H2,13,19). The van der Waals surface area contributed by atoms with E-state index in [9.17, 15) is 4.79 Å². The van der Waals surface area contributed by atoms with Gasteiger partial charge in [-0.15, -0.1) is 0 Å². The lowest BCUT2D eigenvalue weighted by molar-refractivity contribution is 0.0600. The monoisotopic (exact) mass is 281 g/mol. The Kier molecular flexibility index (Phi) is 4.28. The maximum Gasteiger partial charge on any atom is 0.338 e. The van der Waals surface area contributed by atoms with Gasteiger partial charge in [-0.2, -0.15) is 0 Å². The van der Waals surface area contributed by atoms with E-state index in [0.29, 0.717) is 36.1 Å². The van der Waals surface area contributed by atoms with E-state index in [1.54, 1.807) is 18.3 Å². The van der Waals surface area contributed by atoms with Gasteiger partial charge >= 0.3 is 5.97 Å². The van der Waals surface area contributed by atoms with Crippen molar-refractivity contribution < 1.29 is 14.3 Å². The van der Waals surface area contributed by atoms with E-state index < -0.39 is 0 Å². The smallest absolute Gasteiger partial charge is 0.338 e. The van der Waals surface area contributed by atoms with E-state index in [1.165, 1.54) is 7.11 Å². The van der Waals surface area contributed by atoms with Crippen molar-refractivity contribution >= 4 is 29.0 Å². The van der Waals surface area contributed by atoms with Gasteiger partial charge in [-0.25, -0.2) is 9.78 Å². The first kappa shape index (κ1) is 13.7. The van der Waals surface area contributed by atoms with Gasteiger partial charge in [0.25, 0.3) is 0 Å². The highest BCUT2D eigenvalue weighted by Gasteiger charge is 2.23. The van der Waals surface area contributed by atoms with Gasteiger partial charge in [0.15, 0.2) is 0 Å². The van der Waals surface area contributed by atoms with Gasteiger partial charge in [0.05, 0.1) is 25.8 Å². The van der Waals surface area contributed by atoms with Crippen molar-refractivity contribution in [3.63, 3.8) is 0 Å². The molecule has 0 amide bonds. The van der Waals surface area contributed by atoms with Crippen molar-refractivity contribution in [3.8, 4) is 0 Å². The predicted octanol–water partition coefficient (Wildman–Crippen LogP) is 0.360. The van der Waals surface area contributed by atoms with Gasteiger partial charge < -0.3 is 20.1 Å². The third-order valence-electron chi connectivity index (χ3n) is 2.87. The first-order valence-corrected chi connectivity index (χ1v) is 6.23. The summed E-state index contributed by atoms with van der Waals surface area (Å²) in [5, 5.41) is 0. The fraction of sp³-hybridized carbons (Fsp3) is 0.417. The fourth-order valence-electron chi connectivity index (χ4n) is 1.87. The highest BCUT2D eigenvalue weighted by molar-refractivity contribution is 7.80. The van der Waals surface area contributed by atoms with Crippen molar-refractivity contribution in [1.82, 2.24) is 4.98 Å². The Bertz CT molecular complexity index is 495. The molecule has 1 fully saturated rings. The lowest BCUT2D eigenvalue weighted by Crippen LogP contribution is -2.48. The van der Waals surface area contributed by atoms with E-state index in [4.69, 9.17) is 22.7 Å². The van der Waals surface area contributed by atoms with Crippen molar-refractivity contribution in [2.75, 3.05) is 31.7 Å². The lowest BCUT2D eigenvalue weighted by atomic mass is 10.2. The SMILES string of the molecule is COC(=O)c1ccnc(N2CCOC(C(N)=S)C2)c1. The number of carbonyl (C=O) groups is 1. The Morgan fingerprint density at radius 2 is 2.47 bits per heavy atom. The lowest BCUT2D eigenvalue weighted by Gasteiger charge is -2.33. The highest BCUT2D eigenvalue weighted by Crippen LogP contribution is 2.17. The molecule has 2 heterocycles. The van der Waals surface area contributed by atoms with E-state index >= 15 is 0 Å². The van der Waals surface area contributed by atoms with Gasteiger partial charge in [-0.1, -0.05) is 12.2 Å². The number of ether oxygens (including phenoxy) is 2. The van der Waals surface area contributed by atoms with Crippen LogP contribution < -0.4 is 10.6 Å². The molecule has 1 atom stereocenters. The zero-order valence-electron chi connectivity index (χ0n) is 10.5. The molecule has 0 bridgehead atoms. The Balaban J connectivity index is 2.17. The van der Waals surface area contributed by atoms with Gasteiger partial charge in [0.1, 0.15) is 16.9 Å². The second-order valence-corrected chi connectivity index (χ2v) is 4.57. The number of esters is 1. The minimum absolute atomic E-state index is 0.285. The fourth-order valence-corrected chi connectivity index (χ4v) is 2.01. The first-order chi connectivity index (χ1) is 9.11. The molecule has 2 N–H and O–H groups in total. The summed E-state index contributed by atoms with van der Waals surface area (Å²) in [4.78, 5) is 18.1. The van der Waals surface area contributed by atoms with Crippen LogP contribution in [0.2, 0.25) is 0 Å². The molecule has 1 aromatic rings. The molecule has 19 heavy (non-hydrogen) atoms. The minimum atomic E-state index is -0.386. The molecular formula is C12H15N3O3S. The van der Waals surface area contributed by atoms with Crippen molar-refractivity contribution in [1.29, 1.82) is 0 Å². The number of hydrogen-bond acceptors (Lipinski definition) is 6. The zero-order valence-corrected chi connectivity index (χ0v) is 11.4. The molecule has 1 saturated heterocycles. The number of aromatic nitrogens is 1. The molecule has 1 unspecified atom stereocenters. The normalized spacial score (nSPS) is 19.0. The number of anilines is 1. The van der Waals surface area contributed by atoms with E-state index in [0.717, 1.165) is 0 Å². The second-order valence-electron chi connectivity index (χ2n) is 4.10. The summed E-state index contributed by atoms with van der Waals surface area (Å²) in [7, 11) is 1.35. The van der Waals surface area contributed by atoms with Crippen LogP contribution in [0.5, 0.6) is 0 Å². The van der Waals surface area contributed by atoms with Crippen LogP contribution in [0.4, 0.5) is 5.82 Å². The summed E-state index contributed by atoms with van der Waals surface area (Å²) in [6, 6.07) is 3.30. The highest BCUT2D eigenvalue weighted by atomic mass is 32.1. The van der Waals surface area contributed by atoms with Gasteiger partial charge in [-0.05, 0) is 12.1 Å². The quantitative estimate of drug-likeness (QED) is 0.633. The van der Waals surface area contributed by atoms with Crippen LogP contribution in [-0.2, 0) is 9.47 Å². The summed E-state index contributed by atoms with van der Waals surface area (Å²) in [5.41, 5.74) is 6.06. The van der Waals surface area contributed by atoms with Crippen molar-refractivity contribution in [2.24, 2.45) is 5.73 Å². The number of nitrogens with zero attached hydrogens (tertiary/aromatic N) is 2. The van der Waals surface area contributed by atoms with Gasteiger partial charge in [-0.3, -0.25) is 0 Å². The number of thiocarbonyl (C=S) groups is 1. The summed E-state index contributed by atoms with van der Waals surface area (Å²) < 4.78 is 10.1. The second kappa shape index (κ2) is 5.94. The summed E-state index contributed by atoms with van der Waals surface area (Å²) in [6.07, 6.45) is 1.29. The molecule has 0 spiro atoms. The molecule has 2 rings (SSSR count). The number of rotatable bonds is 3. The van der Waals surface area contributed by atoms with Crippen LogP contribution >= 0.6 is 12.2 Å². The molecule has 0 saturated carbocycles. The number of carbonyl (C=O) groups excluding carboxylic acids is 1. The average Bonchev–Trinajstić information content (AvgIpc) is 2.46. The summed E-state index contributed by atoms with van der Waals surface area (Å²) in [6.45, 7) is 1.73. The molecule has 1 aliphatic rings.